The maximum absolute atomic E-state index is 12.5. The van der Waals surface area contributed by atoms with Gasteiger partial charge in [0, 0.05) is 19.0 Å². The van der Waals surface area contributed by atoms with Crippen LogP contribution in [0.1, 0.15) is 34.7 Å². The number of amides is 1. The lowest BCUT2D eigenvalue weighted by molar-refractivity contribution is -0.0956. The minimum Gasteiger partial charge on any atom is -0.361 e. The molecule has 0 aromatic carbocycles. The first-order chi connectivity index (χ1) is 9.66. The van der Waals surface area contributed by atoms with E-state index in [4.69, 9.17) is 14.0 Å². The number of piperidine rings is 1. The summed E-state index contributed by atoms with van der Waals surface area (Å²) in [5.41, 5.74) is 1.27. The van der Waals surface area contributed by atoms with Crippen molar-refractivity contribution in [3.05, 3.63) is 17.0 Å². The Balaban J connectivity index is 1.62. The summed E-state index contributed by atoms with van der Waals surface area (Å²) < 4.78 is 16.2. The van der Waals surface area contributed by atoms with E-state index >= 15 is 0 Å². The lowest BCUT2D eigenvalue weighted by Crippen LogP contribution is -2.41. The third kappa shape index (κ3) is 2.45. The molecular formula is C14H20N2O4. The number of rotatable bonds is 2. The zero-order valence-electron chi connectivity index (χ0n) is 11.9. The maximum Gasteiger partial charge on any atom is 0.259 e. The second-order valence-electron chi connectivity index (χ2n) is 5.44. The molecule has 1 amide bonds. The highest BCUT2D eigenvalue weighted by molar-refractivity contribution is 5.96. The lowest BCUT2D eigenvalue weighted by Gasteiger charge is -2.33. The zero-order chi connectivity index (χ0) is 14.1. The number of likely N-dealkylation sites (tertiary alicyclic amines) is 1. The average molecular weight is 280 g/mol. The molecule has 1 aromatic heterocycles. The van der Waals surface area contributed by atoms with E-state index in [1.54, 1.807) is 13.8 Å². The Morgan fingerprint density at radius 3 is 2.40 bits per heavy atom. The minimum atomic E-state index is -0.0775. The van der Waals surface area contributed by atoms with Gasteiger partial charge in [0.15, 0.2) is 6.29 Å². The van der Waals surface area contributed by atoms with Crippen LogP contribution in [0.4, 0.5) is 0 Å². The molecule has 2 saturated heterocycles. The molecule has 2 aliphatic heterocycles. The first-order valence-corrected chi connectivity index (χ1v) is 7.12. The predicted octanol–water partition coefficient (Wildman–Crippen LogP) is 1.52. The largest absolute Gasteiger partial charge is 0.361 e. The highest BCUT2D eigenvalue weighted by Gasteiger charge is 2.33. The summed E-state index contributed by atoms with van der Waals surface area (Å²) in [5, 5.41) is 3.85. The Morgan fingerprint density at radius 2 is 1.85 bits per heavy atom. The molecule has 2 aliphatic rings. The summed E-state index contributed by atoms with van der Waals surface area (Å²) in [7, 11) is 0. The molecule has 6 nitrogen and oxygen atoms in total. The van der Waals surface area contributed by atoms with Crippen LogP contribution in [0.3, 0.4) is 0 Å². The predicted molar refractivity (Wildman–Crippen MR) is 70.3 cm³/mol. The molecule has 1 aromatic rings. The number of ether oxygens (including phenoxy) is 2. The first kappa shape index (κ1) is 13.6. The standard InChI is InChI=1S/C14H20N2O4/c1-9-12(10(2)20-15-9)13(17)16-5-3-11(4-6-16)14-18-7-8-19-14/h11,14H,3-8H2,1-2H3. The van der Waals surface area contributed by atoms with Crippen molar-refractivity contribution in [2.45, 2.75) is 33.0 Å². The van der Waals surface area contributed by atoms with Crippen LogP contribution in [0.2, 0.25) is 0 Å². The molecule has 20 heavy (non-hydrogen) atoms. The van der Waals surface area contributed by atoms with Crippen LogP contribution in [0, 0.1) is 19.8 Å². The Morgan fingerprint density at radius 1 is 1.20 bits per heavy atom. The number of hydrogen-bond acceptors (Lipinski definition) is 5. The van der Waals surface area contributed by atoms with Gasteiger partial charge in [-0.25, -0.2) is 0 Å². The summed E-state index contributed by atoms with van der Waals surface area (Å²) in [5.74, 6) is 1.01. The molecule has 6 heteroatoms. The summed E-state index contributed by atoms with van der Waals surface area (Å²) in [4.78, 5) is 14.4. The molecule has 2 fully saturated rings. The number of carbonyl (C=O) groups is 1. The Labute approximate surface area is 118 Å². The van der Waals surface area contributed by atoms with Crippen molar-refractivity contribution in [3.63, 3.8) is 0 Å². The van der Waals surface area contributed by atoms with Gasteiger partial charge in [-0.15, -0.1) is 0 Å². The Hall–Kier alpha value is -1.40. The second-order valence-corrected chi connectivity index (χ2v) is 5.44. The van der Waals surface area contributed by atoms with Crippen molar-refractivity contribution in [1.82, 2.24) is 10.1 Å². The molecule has 110 valence electrons. The van der Waals surface area contributed by atoms with Gasteiger partial charge >= 0.3 is 0 Å². The third-order valence-electron chi connectivity index (χ3n) is 4.11. The summed E-state index contributed by atoms with van der Waals surface area (Å²) in [6.07, 6.45) is 1.76. The summed E-state index contributed by atoms with van der Waals surface area (Å²) in [6, 6.07) is 0. The van der Waals surface area contributed by atoms with Crippen LogP contribution >= 0.6 is 0 Å². The normalized spacial score (nSPS) is 21.6. The lowest BCUT2D eigenvalue weighted by atomic mass is 9.95. The van der Waals surface area contributed by atoms with Crippen molar-refractivity contribution in [1.29, 1.82) is 0 Å². The van der Waals surface area contributed by atoms with Crippen LogP contribution < -0.4 is 0 Å². The highest BCUT2D eigenvalue weighted by atomic mass is 16.7. The topological polar surface area (TPSA) is 64.8 Å². The van der Waals surface area contributed by atoms with E-state index in [0.29, 0.717) is 36.1 Å². The van der Waals surface area contributed by atoms with E-state index in [-0.39, 0.29) is 12.2 Å². The van der Waals surface area contributed by atoms with Crippen molar-refractivity contribution in [2.24, 2.45) is 5.92 Å². The third-order valence-corrected chi connectivity index (χ3v) is 4.11. The second kappa shape index (κ2) is 5.54. The molecular weight excluding hydrogens is 260 g/mol. The zero-order valence-corrected chi connectivity index (χ0v) is 11.9. The number of aromatic nitrogens is 1. The number of carbonyl (C=O) groups excluding carboxylic acids is 1. The van der Waals surface area contributed by atoms with Crippen molar-refractivity contribution in [3.8, 4) is 0 Å². The van der Waals surface area contributed by atoms with Gasteiger partial charge in [0.2, 0.25) is 0 Å². The van der Waals surface area contributed by atoms with Crippen LogP contribution in [0.15, 0.2) is 4.52 Å². The minimum absolute atomic E-state index is 0.0213. The molecule has 3 rings (SSSR count). The van der Waals surface area contributed by atoms with Crippen LogP contribution in [0.25, 0.3) is 0 Å². The molecule has 0 bridgehead atoms. The van der Waals surface area contributed by atoms with Gasteiger partial charge in [-0.2, -0.15) is 0 Å². The fourth-order valence-electron chi connectivity index (χ4n) is 2.97. The van der Waals surface area contributed by atoms with Gasteiger partial charge in [-0.3, -0.25) is 4.79 Å². The maximum atomic E-state index is 12.5. The molecule has 0 radical (unpaired) electrons. The van der Waals surface area contributed by atoms with E-state index in [1.165, 1.54) is 0 Å². The van der Waals surface area contributed by atoms with E-state index in [9.17, 15) is 4.79 Å². The van der Waals surface area contributed by atoms with Crippen LogP contribution in [0.5, 0.6) is 0 Å². The SMILES string of the molecule is Cc1noc(C)c1C(=O)N1CCC(C2OCCO2)CC1. The average Bonchev–Trinajstić information content (AvgIpc) is 3.09. The van der Waals surface area contributed by atoms with E-state index in [0.717, 1.165) is 25.9 Å². The molecule has 0 N–H and O–H groups in total. The van der Waals surface area contributed by atoms with Gasteiger partial charge < -0.3 is 18.9 Å². The van der Waals surface area contributed by atoms with Gasteiger partial charge in [-0.1, -0.05) is 5.16 Å². The molecule has 0 aliphatic carbocycles. The van der Waals surface area contributed by atoms with Crippen molar-refractivity contribution in [2.75, 3.05) is 26.3 Å². The van der Waals surface area contributed by atoms with Gasteiger partial charge in [0.1, 0.15) is 11.3 Å². The van der Waals surface area contributed by atoms with Gasteiger partial charge in [0.05, 0.1) is 18.9 Å². The van der Waals surface area contributed by atoms with Crippen LogP contribution in [-0.2, 0) is 9.47 Å². The van der Waals surface area contributed by atoms with Crippen molar-refractivity contribution >= 4 is 5.91 Å². The monoisotopic (exact) mass is 280 g/mol. The molecule has 0 atom stereocenters. The molecule has 0 saturated carbocycles. The molecule has 0 spiro atoms. The summed E-state index contributed by atoms with van der Waals surface area (Å²) in [6.45, 7) is 6.41. The molecule has 0 unspecified atom stereocenters. The van der Waals surface area contributed by atoms with Gasteiger partial charge in [-0.05, 0) is 26.7 Å². The Bertz CT molecular complexity index is 466. The van der Waals surface area contributed by atoms with E-state index in [1.807, 2.05) is 4.90 Å². The Kier molecular flexibility index (Phi) is 3.76. The number of aryl methyl sites for hydroxylation is 2. The van der Waals surface area contributed by atoms with E-state index in [2.05, 4.69) is 5.16 Å². The summed E-state index contributed by atoms with van der Waals surface area (Å²) >= 11 is 0. The first-order valence-electron chi connectivity index (χ1n) is 7.12. The fourth-order valence-corrected chi connectivity index (χ4v) is 2.97. The van der Waals surface area contributed by atoms with Crippen molar-refractivity contribution < 1.29 is 18.8 Å². The van der Waals surface area contributed by atoms with E-state index < -0.39 is 0 Å². The molecule has 3 heterocycles. The van der Waals surface area contributed by atoms with Gasteiger partial charge in [0.25, 0.3) is 5.91 Å². The smallest absolute Gasteiger partial charge is 0.259 e. The number of hydrogen-bond donors (Lipinski definition) is 0. The fraction of sp³-hybridized carbons (Fsp3) is 0.714. The van der Waals surface area contributed by atoms with Crippen LogP contribution in [-0.4, -0.2) is 48.6 Å². The number of nitrogens with zero attached hydrogens (tertiary/aromatic N) is 2. The highest BCUT2D eigenvalue weighted by Crippen LogP contribution is 2.27. The quantitative estimate of drug-likeness (QED) is 0.821.